The highest BCUT2D eigenvalue weighted by atomic mass is 14.7. The van der Waals surface area contributed by atoms with E-state index in [9.17, 15) is 0 Å². The summed E-state index contributed by atoms with van der Waals surface area (Å²) in [5.74, 6) is 0. The molecule has 0 atom stereocenters. The van der Waals surface area contributed by atoms with Crippen molar-refractivity contribution in [1.29, 1.82) is 0 Å². The fourth-order valence-electron chi connectivity index (χ4n) is 5.57. The number of fused-ring (bicyclic) bond motifs is 9. The van der Waals surface area contributed by atoms with Crippen LogP contribution in [0.15, 0.2) is 72.8 Å². The van der Waals surface area contributed by atoms with E-state index in [-0.39, 0.29) is 0 Å². The topological polar surface area (TPSA) is 156 Å². The van der Waals surface area contributed by atoms with E-state index >= 15 is 0 Å². The average molecular weight is 469 g/mol. The minimum Gasteiger partial charge on any atom is -0.397 e. The number of nitrogen functional groups attached to an aromatic ring is 6. The third-order valence-corrected chi connectivity index (χ3v) is 7.57. The standard InChI is InChI=1S/C30H24N6/c31-25-4-1-13-7-19-22(10-16(13)28(25)34)20-8-14-2-5-27(33)30(36)18(14)12-24(20)21-9-15-3-6-26(32)29(35)17(15)11-23(19)21/h1-12H,31-36H2. The van der Waals surface area contributed by atoms with Crippen LogP contribution in [0.4, 0.5) is 34.1 Å². The van der Waals surface area contributed by atoms with Crippen LogP contribution in [-0.2, 0) is 0 Å². The number of hydrogen-bond donors (Lipinski definition) is 6. The molecule has 6 nitrogen and oxygen atoms in total. The fraction of sp³-hybridized carbons (Fsp3) is 0. The number of rotatable bonds is 0. The number of benzene rings is 7. The smallest absolute Gasteiger partial charge is 0.0627 e. The first-order valence-corrected chi connectivity index (χ1v) is 11.7. The lowest BCUT2D eigenvalue weighted by atomic mass is 9.88. The summed E-state index contributed by atoms with van der Waals surface area (Å²) in [6.07, 6.45) is 0. The van der Waals surface area contributed by atoms with Crippen molar-refractivity contribution >= 4 is 98.8 Å². The third-order valence-electron chi connectivity index (χ3n) is 7.57. The van der Waals surface area contributed by atoms with E-state index in [1.54, 1.807) is 0 Å². The highest BCUT2D eigenvalue weighted by Gasteiger charge is 2.15. The second kappa shape index (κ2) is 6.73. The number of anilines is 6. The van der Waals surface area contributed by atoms with Gasteiger partial charge < -0.3 is 34.4 Å². The van der Waals surface area contributed by atoms with Crippen LogP contribution in [0.25, 0.3) is 64.6 Å². The number of hydrogen-bond acceptors (Lipinski definition) is 6. The summed E-state index contributed by atoms with van der Waals surface area (Å²) >= 11 is 0. The molecule has 0 bridgehead atoms. The van der Waals surface area contributed by atoms with Crippen LogP contribution in [0.1, 0.15) is 0 Å². The maximum Gasteiger partial charge on any atom is 0.0627 e. The second-order valence-electron chi connectivity index (χ2n) is 9.56. The molecule has 7 aromatic carbocycles. The molecule has 0 saturated heterocycles. The van der Waals surface area contributed by atoms with Crippen LogP contribution in [0.5, 0.6) is 0 Å². The Kier molecular flexibility index (Phi) is 3.79. The van der Waals surface area contributed by atoms with E-state index in [1.165, 1.54) is 0 Å². The van der Waals surface area contributed by atoms with E-state index in [4.69, 9.17) is 34.4 Å². The maximum atomic E-state index is 6.42. The largest absolute Gasteiger partial charge is 0.397 e. The Hall–Kier alpha value is -5.10. The summed E-state index contributed by atoms with van der Waals surface area (Å²) in [6, 6.07) is 24.5. The average Bonchev–Trinajstić information content (AvgIpc) is 2.89. The zero-order valence-electron chi connectivity index (χ0n) is 19.4. The van der Waals surface area contributed by atoms with Crippen LogP contribution >= 0.6 is 0 Å². The summed E-state index contributed by atoms with van der Waals surface area (Å²) in [4.78, 5) is 0. The van der Waals surface area contributed by atoms with E-state index in [0.29, 0.717) is 34.1 Å². The first kappa shape index (κ1) is 20.3. The highest BCUT2D eigenvalue weighted by Crippen LogP contribution is 2.43. The van der Waals surface area contributed by atoms with E-state index in [2.05, 4.69) is 36.4 Å². The molecule has 0 aliphatic carbocycles. The summed E-state index contributed by atoms with van der Waals surface area (Å²) in [7, 11) is 0. The summed E-state index contributed by atoms with van der Waals surface area (Å²) in [6.45, 7) is 0. The molecule has 174 valence electrons. The van der Waals surface area contributed by atoms with Gasteiger partial charge in [-0.1, -0.05) is 18.2 Å². The molecule has 12 N–H and O–H groups in total. The molecule has 0 unspecified atom stereocenters. The molecular weight excluding hydrogens is 444 g/mol. The van der Waals surface area contributed by atoms with Crippen LogP contribution in [0, 0.1) is 0 Å². The van der Waals surface area contributed by atoms with E-state index < -0.39 is 0 Å². The van der Waals surface area contributed by atoms with E-state index in [0.717, 1.165) is 64.6 Å². The van der Waals surface area contributed by atoms with Gasteiger partial charge in [-0.15, -0.1) is 0 Å². The van der Waals surface area contributed by atoms with E-state index in [1.807, 2.05) is 36.4 Å². The van der Waals surface area contributed by atoms with Gasteiger partial charge >= 0.3 is 0 Å². The van der Waals surface area contributed by atoms with Crippen molar-refractivity contribution in [2.45, 2.75) is 0 Å². The number of nitrogens with two attached hydrogens (primary N) is 6. The van der Waals surface area contributed by atoms with Gasteiger partial charge in [-0.3, -0.25) is 0 Å². The molecule has 0 aromatic heterocycles. The Bertz CT molecular complexity index is 1840. The molecule has 7 rings (SSSR count). The van der Waals surface area contributed by atoms with Gasteiger partial charge in [0.05, 0.1) is 34.1 Å². The maximum absolute atomic E-state index is 6.42. The van der Waals surface area contributed by atoms with Crippen molar-refractivity contribution in [1.82, 2.24) is 0 Å². The zero-order chi connectivity index (χ0) is 24.9. The van der Waals surface area contributed by atoms with Gasteiger partial charge in [-0.05, 0) is 103 Å². The highest BCUT2D eigenvalue weighted by molar-refractivity contribution is 6.32. The zero-order valence-corrected chi connectivity index (χ0v) is 19.4. The van der Waals surface area contributed by atoms with Gasteiger partial charge in [0.25, 0.3) is 0 Å². The molecular formula is C30H24N6. The Labute approximate surface area is 206 Å². The Morgan fingerprint density at radius 2 is 0.528 bits per heavy atom. The molecule has 0 radical (unpaired) electrons. The second-order valence-corrected chi connectivity index (χ2v) is 9.56. The monoisotopic (exact) mass is 468 g/mol. The minimum absolute atomic E-state index is 0.565. The van der Waals surface area contributed by atoms with Gasteiger partial charge in [-0.2, -0.15) is 0 Å². The van der Waals surface area contributed by atoms with Crippen molar-refractivity contribution < 1.29 is 0 Å². The molecule has 7 aromatic rings. The Morgan fingerprint density at radius 1 is 0.278 bits per heavy atom. The van der Waals surface area contributed by atoms with Gasteiger partial charge in [0.15, 0.2) is 0 Å². The van der Waals surface area contributed by atoms with Crippen LogP contribution in [0.2, 0.25) is 0 Å². The van der Waals surface area contributed by atoms with Crippen LogP contribution in [0.3, 0.4) is 0 Å². The first-order chi connectivity index (χ1) is 17.3. The normalized spacial score (nSPS) is 12.0. The van der Waals surface area contributed by atoms with Crippen molar-refractivity contribution in [3.8, 4) is 0 Å². The van der Waals surface area contributed by atoms with Gasteiger partial charge in [0.1, 0.15) is 0 Å². The summed E-state index contributed by atoms with van der Waals surface area (Å²) < 4.78 is 0. The van der Waals surface area contributed by atoms with Gasteiger partial charge in [-0.25, -0.2) is 0 Å². The van der Waals surface area contributed by atoms with Crippen molar-refractivity contribution in [3.63, 3.8) is 0 Å². The van der Waals surface area contributed by atoms with Crippen molar-refractivity contribution in [2.24, 2.45) is 0 Å². The van der Waals surface area contributed by atoms with Gasteiger partial charge in [0, 0.05) is 16.2 Å². The van der Waals surface area contributed by atoms with Gasteiger partial charge in [0.2, 0.25) is 0 Å². The molecule has 6 heteroatoms. The third kappa shape index (κ3) is 2.55. The van der Waals surface area contributed by atoms with Crippen molar-refractivity contribution in [3.05, 3.63) is 72.8 Å². The van der Waals surface area contributed by atoms with Crippen LogP contribution < -0.4 is 34.4 Å². The van der Waals surface area contributed by atoms with Crippen molar-refractivity contribution in [2.75, 3.05) is 34.4 Å². The lowest BCUT2D eigenvalue weighted by Gasteiger charge is -2.16. The fourth-order valence-corrected chi connectivity index (χ4v) is 5.57. The SMILES string of the molecule is Nc1ccc2cc3c4cc5c(N)c(N)ccc5cc4c4cc5c(N)c(N)ccc5cc4c3cc2c1N. The van der Waals surface area contributed by atoms with Crippen LogP contribution in [-0.4, -0.2) is 0 Å². The quantitative estimate of drug-likeness (QED) is 0.0897. The molecule has 0 aliphatic heterocycles. The molecule has 0 heterocycles. The molecule has 0 fully saturated rings. The molecule has 36 heavy (non-hydrogen) atoms. The lowest BCUT2D eigenvalue weighted by molar-refractivity contribution is 1.72. The predicted octanol–water partition coefficient (Wildman–Crippen LogP) is 6.10. The summed E-state index contributed by atoms with van der Waals surface area (Å²) in [5, 5.41) is 12.3. The predicted molar refractivity (Wildman–Crippen MR) is 158 cm³/mol. The molecule has 0 aliphatic rings. The molecule has 0 amide bonds. The Balaban J connectivity index is 1.80. The lowest BCUT2D eigenvalue weighted by Crippen LogP contribution is -1.97. The minimum atomic E-state index is 0.565. The molecule has 0 spiro atoms. The summed E-state index contributed by atoms with van der Waals surface area (Å²) in [5.41, 5.74) is 41.2. The Morgan fingerprint density at radius 3 is 0.806 bits per heavy atom. The molecule has 0 saturated carbocycles. The first-order valence-electron chi connectivity index (χ1n) is 11.7.